The summed E-state index contributed by atoms with van der Waals surface area (Å²) in [5, 5.41) is 10.7. The van der Waals surface area contributed by atoms with Crippen LogP contribution < -0.4 is 11.2 Å². The Hall–Kier alpha value is -3.19. The normalized spacial score (nSPS) is 13.9. The van der Waals surface area contributed by atoms with Gasteiger partial charge in [-0.3, -0.25) is 14.8 Å². The van der Waals surface area contributed by atoms with Crippen LogP contribution in [0.15, 0.2) is 61.5 Å². The van der Waals surface area contributed by atoms with E-state index in [1.54, 1.807) is 18.3 Å². The van der Waals surface area contributed by atoms with Crippen LogP contribution in [0.5, 0.6) is 5.88 Å². The highest BCUT2D eigenvalue weighted by atomic mass is 79.9. The molecule has 7 heteroatoms. The fourth-order valence-corrected chi connectivity index (χ4v) is 3.29. The lowest BCUT2D eigenvalue weighted by Crippen LogP contribution is -2.30. The zero-order chi connectivity index (χ0) is 19.1. The number of rotatable bonds is 2. The minimum Gasteiger partial charge on any atom is -0.494 e. The largest absolute Gasteiger partial charge is 0.494 e. The van der Waals surface area contributed by atoms with Gasteiger partial charge in [0.2, 0.25) is 5.88 Å². The van der Waals surface area contributed by atoms with Crippen molar-refractivity contribution in [1.82, 2.24) is 9.55 Å². The van der Waals surface area contributed by atoms with Crippen molar-refractivity contribution in [3.8, 4) is 11.6 Å². The van der Waals surface area contributed by atoms with Crippen molar-refractivity contribution in [2.45, 2.75) is 6.92 Å². The molecule has 0 bridgehead atoms. The van der Waals surface area contributed by atoms with Crippen molar-refractivity contribution < 1.29 is 5.11 Å². The number of aliphatic imine (C=N–C) groups is 1. The number of aromatic nitrogens is 2. The number of hydrogen-bond acceptors (Lipinski definition) is 4. The molecule has 134 valence electrons. The molecule has 0 saturated heterocycles. The molecule has 0 atom stereocenters. The van der Waals surface area contributed by atoms with E-state index < -0.39 is 17.1 Å². The number of allylic oxidation sites excluding steroid dienone is 1. The Morgan fingerprint density at radius 2 is 1.89 bits per heavy atom. The molecule has 3 aromatic rings. The summed E-state index contributed by atoms with van der Waals surface area (Å²) in [5.74, 6) is -0.419. The van der Waals surface area contributed by atoms with E-state index in [1.807, 2.05) is 37.3 Å². The lowest BCUT2D eigenvalue weighted by atomic mass is 10.1. The predicted molar refractivity (Wildman–Crippen MR) is 109 cm³/mol. The molecule has 0 amide bonds. The standard InChI is InChI=1S/C20H14BrN3O3/c1-11-2-5-14(6-3-11)24-19(26)16(18(25)23-20(24)27)8-12-10-22-17-7-4-13(21)9-15(12)17/h2-10,26H,1H3,(H,23,25,27)/b12-8-. The van der Waals surface area contributed by atoms with Gasteiger partial charge in [0, 0.05) is 21.8 Å². The van der Waals surface area contributed by atoms with E-state index in [0.29, 0.717) is 11.3 Å². The first-order chi connectivity index (χ1) is 12.9. The van der Waals surface area contributed by atoms with E-state index in [1.165, 1.54) is 6.08 Å². The summed E-state index contributed by atoms with van der Waals surface area (Å²) in [6, 6.07) is 12.7. The lowest BCUT2D eigenvalue weighted by molar-refractivity contribution is 0.429. The summed E-state index contributed by atoms with van der Waals surface area (Å²) in [7, 11) is 0. The molecule has 2 N–H and O–H groups in total. The Morgan fingerprint density at radius 3 is 2.63 bits per heavy atom. The van der Waals surface area contributed by atoms with Gasteiger partial charge in [-0.25, -0.2) is 9.36 Å². The molecule has 6 nitrogen and oxygen atoms in total. The number of fused-ring (bicyclic) bond motifs is 1. The second-order valence-electron chi connectivity index (χ2n) is 6.19. The van der Waals surface area contributed by atoms with Gasteiger partial charge in [-0.05, 0) is 43.3 Å². The Bertz CT molecular complexity index is 1230. The summed E-state index contributed by atoms with van der Waals surface area (Å²) in [5.41, 5.74) is 2.37. The maximum absolute atomic E-state index is 12.3. The summed E-state index contributed by atoms with van der Waals surface area (Å²) >= 11 is 3.42. The third-order valence-electron chi connectivity index (χ3n) is 4.33. The fourth-order valence-electron chi connectivity index (χ4n) is 2.93. The number of aromatic hydroxyl groups is 1. The first-order valence-electron chi connectivity index (χ1n) is 8.15. The average molecular weight is 424 g/mol. The molecule has 4 rings (SSSR count). The number of benzene rings is 2. The summed E-state index contributed by atoms with van der Waals surface area (Å²) in [6.45, 7) is 1.92. The van der Waals surface area contributed by atoms with E-state index in [2.05, 4.69) is 25.9 Å². The Balaban J connectivity index is 1.91. The van der Waals surface area contributed by atoms with Crippen LogP contribution in [0.1, 0.15) is 16.7 Å². The van der Waals surface area contributed by atoms with E-state index in [0.717, 1.165) is 25.9 Å². The van der Waals surface area contributed by atoms with Crippen molar-refractivity contribution in [3.63, 3.8) is 0 Å². The molecule has 0 aliphatic carbocycles. The van der Waals surface area contributed by atoms with Crippen LogP contribution in [0.2, 0.25) is 0 Å². The topological polar surface area (TPSA) is 87.4 Å². The monoisotopic (exact) mass is 423 g/mol. The highest BCUT2D eigenvalue weighted by Crippen LogP contribution is 2.35. The van der Waals surface area contributed by atoms with Crippen molar-refractivity contribution in [3.05, 3.63) is 84.5 Å². The second kappa shape index (κ2) is 6.51. The summed E-state index contributed by atoms with van der Waals surface area (Å²) in [4.78, 5) is 31.2. The van der Waals surface area contributed by atoms with Crippen LogP contribution >= 0.6 is 15.9 Å². The molecular weight excluding hydrogens is 410 g/mol. The first-order valence-corrected chi connectivity index (χ1v) is 8.94. The summed E-state index contributed by atoms with van der Waals surface area (Å²) in [6.07, 6.45) is 3.15. The van der Waals surface area contributed by atoms with Crippen molar-refractivity contribution in [1.29, 1.82) is 0 Å². The minimum atomic E-state index is -0.702. The van der Waals surface area contributed by atoms with E-state index >= 15 is 0 Å². The Labute approximate surface area is 162 Å². The predicted octanol–water partition coefficient (Wildman–Crippen LogP) is 3.56. The van der Waals surface area contributed by atoms with Crippen LogP contribution in [-0.2, 0) is 0 Å². The number of nitrogens with one attached hydrogen (secondary N) is 1. The van der Waals surface area contributed by atoms with Gasteiger partial charge >= 0.3 is 5.69 Å². The van der Waals surface area contributed by atoms with Gasteiger partial charge in [0.25, 0.3) is 5.56 Å². The molecule has 0 saturated carbocycles. The molecule has 0 unspecified atom stereocenters. The maximum atomic E-state index is 12.3. The van der Waals surface area contributed by atoms with Gasteiger partial charge in [0.1, 0.15) is 5.56 Å². The molecule has 0 spiro atoms. The number of aryl methyl sites for hydroxylation is 1. The first kappa shape index (κ1) is 17.2. The molecule has 2 aromatic carbocycles. The molecule has 1 aliphatic rings. The van der Waals surface area contributed by atoms with E-state index in [9.17, 15) is 14.7 Å². The van der Waals surface area contributed by atoms with Crippen molar-refractivity contribution >= 4 is 39.5 Å². The quantitative estimate of drug-likeness (QED) is 0.660. The van der Waals surface area contributed by atoms with Crippen LogP contribution in [0.4, 0.5) is 5.69 Å². The molecule has 27 heavy (non-hydrogen) atoms. The van der Waals surface area contributed by atoms with Gasteiger partial charge in [-0.2, -0.15) is 0 Å². The number of H-pyrrole nitrogens is 1. The maximum Gasteiger partial charge on any atom is 0.335 e. The van der Waals surface area contributed by atoms with Gasteiger partial charge in [-0.1, -0.05) is 33.6 Å². The number of hydrogen-bond donors (Lipinski definition) is 2. The molecule has 1 aromatic heterocycles. The molecule has 2 heterocycles. The third-order valence-corrected chi connectivity index (χ3v) is 4.82. The Morgan fingerprint density at radius 1 is 1.15 bits per heavy atom. The van der Waals surface area contributed by atoms with Gasteiger partial charge in [0.15, 0.2) is 0 Å². The highest BCUT2D eigenvalue weighted by molar-refractivity contribution is 9.10. The zero-order valence-corrected chi connectivity index (χ0v) is 15.8. The fraction of sp³-hybridized carbons (Fsp3) is 0.0500. The zero-order valence-electron chi connectivity index (χ0n) is 14.2. The van der Waals surface area contributed by atoms with Gasteiger partial charge in [-0.15, -0.1) is 0 Å². The molecular formula is C20H14BrN3O3. The SMILES string of the molecule is Cc1ccc(-n2c(O)c(/C=C3/C=Nc4ccc(Br)cc43)c(=O)[nH]c2=O)cc1. The number of halogens is 1. The van der Waals surface area contributed by atoms with Gasteiger partial charge in [0.05, 0.1) is 11.4 Å². The minimum absolute atomic E-state index is 0.00977. The van der Waals surface area contributed by atoms with Crippen molar-refractivity contribution in [2.75, 3.05) is 0 Å². The van der Waals surface area contributed by atoms with Crippen LogP contribution in [0.3, 0.4) is 0 Å². The molecule has 1 aliphatic heterocycles. The molecule has 0 radical (unpaired) electrons. The van der Waals surface area contributed by atoms with Crippen LogP contribution in [0, 0.1) is 6.92 Å². The second-order valence-corrected chi connectivity index (χ2v) is 7.10. The summed E-state index contributed by atoms with van der Waals surface area (Å²) < 4.78 is 1.95. The van der Waals surface area contributed by atoms with Gasteiger partial charge < -0.3 is 5.11 Å². The van der Waals surface area contributed by atoms with Crippen LogP contribution in [0.25, 0.3) is 17.3 Å². The molecule has 0 fully saturated rings. The third kappa shape index (κ3) is 3.06. The Kier molecular flexibility index (Phi) is 4.16. The number of aromatic amines is 1. The lowest BCUT2D eigenvalue weighted by Gasteiger charge is -2.10. The van der Waals surface area contributed by atoms with E-state index in [-0.39, 0.29) is 5.56 Å². The van der Waals surface area contributed by atoms with E-state index in [4.69, 9.17) is 0 Å². The highest BCUT2D eigenvalue weighted by Gasteiger charge is 2.18. The van der Waals surface area contributed by atoms with Crippen molar-refractivity contribution in [2.24, 2.45) is 4.99 Å². The average Bonchev–Trinajstić information content (AvgIpc) is 3.02. The number of nitrogens with zero attached hydrogens (tertiary/aromatic N) is 2. The smallest absolute Gasteiger partial charge is 0.335 e. The van der Waals surface area contributed by atoms with Crippen LogP contribution in [-0.4, -0.2) is 20.9 Å².